The van der Waals surface area contributed by atoms with E-state index in [-0.39, 0.29) is 5.92 Å². The highest BCUT2D eigenvalue weighted by atomic mass is 79.9. The summed E-state index contributed by atoms with van der Waals surface area (Å²) >= 11 is 3.25. The Bertz CT molecular complexity index is 575. The maximum absolute atomic E-state index is 11.9. The number of carbonyl (C=O) groups excluding carboxylic acids is 3. The molecule has 0 saturated carbocycles. The van der Waals surface area contributed by atoms with E-state index in [4.69, 9.17) is 4.74 Å². The fraction of sp³-hybridized carbons (Fsp3) is 0.438. The summed E-state index contributed by atoms with van der Waals surface area (Å²) in [4.78, 5) is 35.4. The number of ether oxygens (including phenoxy) is 2. The SMILES string of the molecule is CC[C@H](C)[C@@H](NC(=O)COC(=O)c1cccc(Br)c1)C(=O)OC. The molecule has 0 aromatic heterocycles. The molecular formula is C16H20BrNO5. The average molecular weight is 386 g/mol. The van der Waals surface area contributed by atoms with Gasteiger partial charge in [0.05, 0.1) is 12.7 Å². The van der Waals surface area contributed by atoms with Crippen LogP contribution in [0.25, 0.3) is 0 Å². The number of benzene rings is 1. The predicted molar refractivity (Wildman–Crippen MR) is 87.8 cm³/mol. The van der Waals surface area contributed by atoms with Crippen molar-refractivity contribution in [1.82, 2.24) is 5.32 Å². The number of hydrogen-bond acceptors (Lipinski definition) is 5. The van der Waals surface area contributed by atoms with Gasteiger partial charge in [-0.25, -0.2) is 9.59 Å². The zero-order valence-corrected chi connectivity index (χ0v) is 14.9. The van der Waals surface area contributed by atoms with Crippen LogP contribution in [0.4, 0.5) is 0 Å². The van der Waals surface area contributed by atoms with E-state index in [2.05, 4.69) is 26.0 Å². The summed E-state index contributed by atoms with van der Waals surface area (Å²) in [5.41, 5.74) is 0.332. The van der Waals surface area contributed by atoms with Gasteiger partial charge in [-0.3, -0.25) is 4.79 Å². The first-order valence-electron chi connectivity index (χ1n) is 7.18. The van der Waals surface area contributed by atoms with E-state index in [0.29, 0.717) is 12.0 Å². The van der Waals surface area contributed by atoms with Crippen LogP contribution in [0.5, 0.6) is 0 Å². The molecule has 126 valence electrons. The molecule has 0 aliphatic carbocycles. The standard InChI is InChI=1S/C16H20BrNO5/c1-4-10(2)14(16(21)22-3)18-13(19)9-23-15(20)11-6-5-7-12(17)8-11/h5-8,10,14H,4,9H2,1-3H3,(H,18,19)/t10-,14+/m0/s1. The summed E-state index contributed by atoms with van der Waals surface area (Å²) in [7, 11) is 1.26. The molecule has 0 bridgehead atoms. The van der Waals surface area contributed by atoms with Crippen molar-refractivity contribution in [3.8, 4) is 0 Å². The quantitative estimate of drug-likeness (QED) is 0.728. The molecule has 1 amide bonds. The molecule has 0 heterocycles. The first kappa shape index (κ1) is 19.2. The van der Waals surface area contributed by atoms with Crippen LogP contribution in [0.3, 0.4) is 0 Å². The zero-order chi connectivity index (χ0) is 17.4. The van der Waals surface area contributed by atoms with Crippen LogP contribution in [0, 0.1) is 5.92 Å². The minimum atomic E-state index is -0.762. The van der Waals surface area contributed by atoms with E-state index in [1.165, 1.54) is 7.11 Å². The van der Waals surface area contributed by atoms with Gasteiger partial charge in [-0.05, 0) is 24.1 Å². The average Bonchev–Trinajstić information content (AvgIpc) is 2.56. The van der Waals surface area contributed by atoms with Gasteiger partial charge in [-0.15, -0.1) is 0 Å². The van der Waals surface area contributed by atoms with Crippen LogP contribution in [-0.4, -0.2) is 37.6 Å². The van der Waals surface area contributed by atoms with Crippen molar-refractivity contribution in [1.29, 1.82) is 0 Å². The Morgan fingerprint density at radius 3 is 2.57 bits per heavy atom. The Hall–Kier alpha value is -1.89. The second-order valence-electron chi connectivity index (χ2n) is 5.04. The molecule has 1 aromatic carbocycles. The van der Waals surface area contributed by atoms with Crippen molar-refractivity contribution in [2.24, 2.45) is 5.92 Å². The normalized spacial score (nSPS) is 12.9. The third-order valence-electron chi connectivity index (χ3n) is 3.38. The first-order chi connectivity index (χ1) is 10.9. The lowest BCUT2D eigenvalue weighted by molar-refractivity contribution is -0.147. The van der Waals surface area contributed by atoms with Gasteiger partial charge in [0.1, 0.15) is 6.04 Å². The molecule has 0 radical (unpaired) electrons. The molecule has 1 aromatic rings. The maximum atomic E-state index is 11.9. The third kappa shape index (κ3) is 6.02. The minimum absolute atomic E-state index is 0.0906. The van der Waals surface area contributed by atoms with Crippen LogP contribution in [0.15, 0.2) is 28.7 Å². The van der Waals surface area contributed by atoms with Crippen LogP contribution >= 0.6 is 15.9 Å². The first-order valence-corrected chi connectivity index (χ1v) is 7.98. The summed E-state index contributed by atoms with van der Waals surface area (Å²) < 4.78 is 10.4. The topological polar surface area (TPSA) is 81.7 Å². The van der Waals surface area contributed by atoms with Gasteiger partial charge in [0.15, 0.2) is 6.61 Å². The molecule has 0 aliphatic rings. The molecule has 0 aliphatic heterocycles. The fourth-order valence-electron chi connectivity index (χ4n) is 1.84. The van der Waals surface area contributed by atoms with Crippen molar-refractivity contribution in [3.63, 3.8) is 0 Å². The predicted octanol–water partition coefficient (Wildman–Crippen LogP) is 2.31. The highest BCUT2D eigenvalue weighted by Gasteiger charge is 2.27. The minimum Gasteiger partial charge on any atom is -0.467 e. The van der Waals surface area contributed by atoms with E-state index in [1.54, 1.807) is 24.3 Å². The number of methoxy groups -OCH3 is 1. The van der Waals surface area contributed by atoms with Gasteiger partial charge in [-0.1, -0.05) is 42.3 Å². The second kappa shape index (κ2) is 9.29. The maximum Gasteiger partial charge on any atom is 0.338 e. The Kier molecular flexibility index (Phi) is 7.74. The lowest BCUT2D eigenvalue weighted by Gasteiger charge is -2.21. The third-order valence-corrected chi connectivity index (χ3v) is 3.87. The largest absolute Gasteiger partial charge is 0.467 e. The van der Waals surface area contributed by atoms with Gasteiger partial charge >= 0.3 is 11.9 Å². The molecule has 0 spiro atoms. The van der Waals surface area contributed by atoms with Crippen LogP contribution in [-0.2, 0) is 19.1 Å². The molecule has 2 atom stereocenters. The summed E-state index contributed by atoms with van der Waals surface area (Å²) in [6.07, 6.45) is 0.692. The molecule has 6 nitrogen and oxygen atoms in total. The highest BCUT2D eigenvalue weighted by Crippen LogP contribution is 2.12. The Labute approximate surface area is 143 Å². The zero-order valence-electron chi connectivity index (χ0n) is 13.3. The van der Waals surface area contributed by atoms with Crippen LogP contribution in [0.1, 0.15) is 30.6 Å². The number of nitrogens with one attached hydrogen (secondary N) is 1. The number of esters is 2. The van der Waals surface area contributed by atoms with Crippen molar-refractivity contribution < 1.29 is 23.9 Å². The Morgan fingerprint density at radius 1 is 1.30 bits per heavy atom. The molecule has 0 saturated heterocycles. The number of halogens is 1. The van der Waals surface area contributed by atoms with Crippen molar-refractivity contribution in [2.75, 3.05) is 13.7 Å². The van der Waals surface area contributed by atoms with Gasteiger partial charge < -0.3 is 14.8 Å². The Balaban J connectivity index is 2.58. The number of hydrogen-bond donors (Lipinski definition) is 1. The van der Waals surface area contributed by atoms with Gasteiger partial charge in [-0.2, -0.15) is 0 Å². The van der Waals surface area contributed by atoms with Crippen molar-refractivity contribution >= 4 is 33.8 Å². The lowest BCUT2D eigenvalue weighted by atomic mass is 9.99. The van der Waals surface area contributed by atoms with Gasteiger partial charge in [0.2, 0.25) is 0 Å². The summed E-state index contributed by atoms with van der Waals surface area (Å²) in [6, 6.07) is 5.88. The lowest BCUT2D eigenvalue weighted by Crippen LogP contribution is -2.47. The smallest absolute Gasteiger partial charge is 0.338 e. The van der Waals surface area contributed by atoms with E-state index in [0.717, 1.165) is 4.47 Å². The molecule has 0 fully saturated rings. The van der Waals surface area contributed by atoms with Crippen LogP contribution in [0.2, 0.25) is 0 Å². The van der Waals surface area contributed by atoms with E-state index in [9.17, 15) is 14.4 Å². The van der Waals surface area contributed by atoms with E-state index >= 15 is 0 Å². The molecule has 1 N–H and O–H groups in total. The molecule has 0 unspecified atom stereocenters. The van der Waals surface area contributed by atoms with E-state index < -0.39 is 30.5 Å². The van der Waals surface area contributed by atoms with Gasteiger partial charge in [0.25, 0.3) is 5.91 Å². The highest BCUT2D eigenvalue weighted by molar-refractivity contribution is 9.10. The molecule has 7 heteroatoms. The summed E-state index contributed by atoms with van der Waals surface area (Å²) in [6.45, 7) is 3.27. The second-order valence-corrected chi connectivity index (χ2v) is 5.96. The summed E-state index contributed by atoms with van der Waals surface area (Å²) in [5.74, 6) is -1.78. The molecule has 1 rings (SSSR count). The van der Waals surface area contributed by atoms with Crippen molar-refractivity contribution in [2.45, 2.75) is 26.3 Å². The number of rotatable bonds is 7. The van der Waals surface area contributed by atoms with Crippen molar-refractivity contribution in [3.05, 3.63) is 34.3 Å². The number of carbonyl (C=O) groups is 3. The number of amides is 1. The Morgan fingerprint density at radius 2 is 2.00 bits per heavy atom. The molecule has 23 heavy (non-hydrogen) atoms. The van der Waals surface area contributed by atoms with E-state index in [1.807, 2.05) is 13.8 Å². The van der Waals surface area contributed by atoms with Gasteiger partial charge in [0, 0.05) is 4.47 Å². The summed E-state index contributed by atoms with van der Waals surface area (Å²) in [5, 5.41) is 2.54. The molecular weight excluding hydrogens is 366 g/mol. The fourth-order valence-corrected chi connectivity index (χ4v) is 2.24. The van der Waals surface area contributed by atoms with Crippen LogP contribution < -0.4 is 5.32 Å². The monoisotopic (exact) mass is 385 g/mol.